The Bertz CT molecular complexity index is 532. The monoisotopic (exact) mass is 279 g/mol. The van der Waals surface area contributed by atoms with E-state index in [1.54, 1.807) is 19.2 Å². The summed E-state index contributed by atoms with van der Waals surface area (Å²) in [4.78, 5) is 4.08. The van der Waals surface area contributed by atoms with E-state index in [4.69, 9.17) is 18.0 Å². The summed E-state index contributed by atoms with van der Waals surface area (Å²) in [6, 6.07) is 4.31. The molecule has 2 rings (SSSR count). The van der Waals surface area contributed by atoms with Gasteiger partial charge in [0.2, 0.25) is 0 Å². The van der Waals surface area contributed by atoms with Gasteiger partial charge in [0.05, 0.1) is 0 Å². The molecule has 0 aliphatic heterocycles. The highest BCUT2D eigenvalue weighted by Crippen LogP contribution is 2.21. The molecular weight excluding hydrogens is 265 g/mol. The molecule has 100 valence electrons. The van der Waals surface area contributed by atoms with E-state index in [-0.39, 0.29) is 0 Å². The van der Waals surface area contributed by atoms with Gasteiger partial charge in [-0.3, -0.25) is 4.99 Å². The van der Waals surface area contributed by atoms with E-state index < -0.39 is 11.9 Å². The SMILES string of the molecule is C#CC(NC(=NC)NC1CC1)c1ccc(Cl)cc1F. The molecule has 2 N–H and O–H groups in total. The molecule has 1 saturated carbocycles. The minimum atomic E-state index is -0.581. The van der Waals surface area contributed by atoms with Gasteiger partial charge in [-0.05, 0) is 25.0 Å². The van der Waals surface area contributed by atoms with Crippen LogP contribution in [0.3, 0.4) is 0 Å². The lowest BCUT2D eigenvalue weighted by atomic mass is 10.1. The largest absolute Gasteiger partial charge is 0.354 e. The third kappa shape index (κ3) is 3.62. The minimum absolute atomic E-state index is 0.345. The van der Waals surface area contributed by atoms with E-state index in [2.05, 4.69) is 21.5 Å². The van der Waals surface area contributed by atoms with Crippen molar-refractivity contribution in [1.29, 1.82) is 0 Å². The predicted octanol–water partition coefficient (Wildman–Crippen LogP) is 2.48. The molecule has 0 aromatic heterocycles. The molecule has 1 atom stereocenters. The van der Waals surface area contributed by atoms with E-state index in [1.165, 1.54) is 6.07 Å². The molecule has 3 nitrogen and oxygen atoms in total. The minimum Gasteiger partial charge on any atom is -0.354 e. The second kappa shape index (κ2) is 5.94. The zero-order chi connectivity index (χ0) is 13.8. The molecule has 1 aromatic carbocycles. The maximum Gasteiger partial charge on any atom is 0.192 e. The van der Waals surface area contributed by atoms with Crippen molar-refractivity contribution in [2.24, 2.45) is 4.99 Å². The summed E-state index contributed by atoms with van der Waals surface area (Å²) in [5.74, 6) is 2.68. The second-order valence-electron chi connectivity index (χ2n) is 4.40. The zero-order valence-corrected chi connectivity index (χ0v) is 11.3. The Kier molecular flexibility index (Phi) is 4.28. The van der Waals surface area contributed by atoms with Crippen LogP contribution < -0.4 is 10.6 Å². The van der Waals surface area contributed by atoms with Gasteiger partial charge in [0, 0.05) is 23.7 Å². The number of halogens is 2. The Morgan fingerprint density at radius 2 is 2.32 bits per heavy atom. The Labute approximate surface area is 117 Å². The van der Waals surface area contributed by atoms with Crippen molar-refractivity contribution >= 4 is 17.6 Å². The van der Waals surface area contributed by atoms with Crippen LogP contribution in [0.2, 0.25) is 5.02 Å². The van der Waals surface area contributed by atoms with Crippen molar-refractivity contribution in [3.63, 3.8) is 0 Å². The molecule has 0 amide bonds. The average molecular weight is 280 g/mol. The number of benzene rings is 1. The number of guanidine groups is 1. The second-order valence-corrected chi connectivity index (χ2v) is 4.84. The lowest BCUT2D eigenvalue weighted by molar-refractivity contribution is 0.594. The summed E-state index contributed by atoms with van der Waals surface area (Å²) in [5, 5.41) is 6.57. The van der Waals surface area contributed by atoms with Crippen LogP contribution in [-0.2, 0) is 0 Å². The lowest BCUT2D eigenvalue weighted by Crippen LogP contribution is -2.40. The lowest BCUT2D eigenvalue weighted by Gasteiger charge is -2.18. The van der Waals surface area contributed by atoms with Crippen LogP contribution in [0.5, 0.6) is 0 Å². The quantitative estimate of drug-likeness (QED) is 0.507. The summed E-state index contributed by atoms with van der Waals surface area (Å²) in [6.45, 7) is 0. The van der Waals surface area contributed by atoms with Gasteiger partial charge in [0.15, 0.2) is 5.96 Å². The highest BCUT2D eigenvalue weighted by Gasteiger charge is 2.23. The smallest absolute Gasteiger partial charge is 0.192 e. The molecule has 19 heavy (non-hydrogen) atoms. The average Bonchev–Trinajstić information content (AvgIpc) is 3.19. The fraction of sp³-hybridized carbons (Fsp3) is 0.357. The van der Waals surface area contributed by atoms with Crippen LogP contribution in [0.4, 0.5) is 4.39 Å². The van der Waals surface area contributed by atoms with Crippen LogP contribution in [0.15, 0.2) is 23.2 Å². The molecule has 0 radical (unpaired) electrons. The standard InChI is InChI=1S/C14H15ClFN3/c1-3-13(11-7-4-9(15)8-12(11)16)19-14(17-2)18-10-5-6-10/h1,4,7-8,10,13H,5-6H2,2H3,(H2,17,18,19). The zero-order valence-electron chi connectivity index (χ0n) is 10.6. The van der Waals surface area contributed by atoms with Gasteiger partial charge < -0.3 is 10.6 Å². The van der Waals surface area contributed by atoms with Crippen LogP contribution in [0, 0.1) is 18.2 Å². The summed E-state index contributed by atoms with van der Waals surface area (Å²) in [6.07, 6.45) is 7.71. The molecule has 0 bridgehead atoms. The van der Waals surface area contributed by atoms with Crippen molar-refractivity contribution in [3.8, 4) is 12.3 Å². The molecule has 1 aliphatic rings. The first-order valence-electron chi connectivity index (χ1n) is 6.05. The molecule has 1 aromatic rings. The molecule has 5 heteroatoms. The van der Waals surface area contributed by atoms with Gasteiger partial charge >= 0.3 is 0 Å². The van der Waals surface area contributed by atoms with Crippen LogP contribution >= 0.6 is 11.6 Å². The number of hydrogen-bond acceptors (Lipinski definition) is 1. The Morgan fingerprint density at radius 3 is 2.84 bits per heavy atom. The molecule has 0 heterocycles. The van der Waals surface area contributed by atoms with Gasteiger partial charge in [0.1, 0.15) is 11.9 Å². The summed E-state index contributed by atoms with van der Waals surface area (Å²) in [7, 11) is 1.66. The van der Waals surface area contributed by atoms with Gasteiger partial charge in [0.25, 0.3) is 0 Å². The van der Waals surface area contributed by atoms with Crippen LogP contribution in [-0.4, -0.2) is 19.0 Å². The van der Waals surface area contributed by atoms with E-state index in [0.29, 0.717) is 22.6 Å². The maximum atomic E-state index is 13.8. The van der Waals surface area contributed by atoms with Crippen LogP contribution in [0.1, 0.15) is 24.4 Å². The molecule has 0 spiro atoms. The number of aliphatic imine (C=N–C) groups is 1. The third-order valence-corrected chi connectivity index (χ3v) is 3.10. The number of nitrogens with zero attached hydrogens (tertiary/aromatic N) is 1. The van der Waals surface area contributed by atoms with E-state index in [0.717, 1.165) is 12.8 Å². The topological polar surface area (TPSA) is 36.4 Å². The summed E-state index contributed by atoms with van der Waals surface area (Å²) >= 11 is 5.73. The predicted molar refractivity (Wildman–Crippen MR) is 75.6 cm³/mol. The van der Waals surface area contributed by atoms with E-state index in [9.17, 15) is 4.39 Å². The van der Waals surface area contributed by atoms with Crippen LogP contribution in [0.25, 0.3) is 0 Å². The third-order valence-electron chi connectivity index (χ3n) is 2.86. The van der Waals surface area contributed by atoms with Gasteiger partial charge in [-0.15, -0.1) is 6.42 Å². The molecular formula is C14H15ClFN3. The van der Waals surface area contributed by atoms with Crippen molar-refractivity contribution in [2.45, 2.75) is 24.9 Å². The first-order chi connectivity index (χ1) is 9.13. The van der Waals surface area contributed by atoms with Gasteiger partial charge in [-0.25, -0.2) is 4.39 Å². The van der Waals surface area contributed by atoms with Gasteiger partial charge in [-0.1, -0.05) is 23.6 Å². The number of rotatable bonds is 3. The number of hydrogen-bond donors (Lipinski definition) is 2. The van der Waals surface area contributed by atoms with E-state index >= 15 is 0 Å². The van der Waals surface area contributed by atoms with E-state index in [1.807, 2.05) is 0 Å². The molecule has 0 saturated heterocycles. The Hall–Kier alpha value is -1.73. The van der Waals surface area contributed by atoms with Crippen molar-refractivity contribution in [2.75, 3.05) is 7.05 Å². The first-order valence-corrected chi connectivity index (χ1v) is 6.42. The number of nitrogens with one attached hydrogen (secondary N) is 2. The summed E-state index contributed by atoms with van der Waals surface area (Å²) in [5.41, 5.74) is 0.380. The highest BCUT2D eigenvalue weighted by atomic mass is 35.5. The first kappa shape index (κ1) is 13.7. The fourth-order valence-electron chi connectivity index (χ4n) is 1.67. The molecule has 1 aliphatic carbocycles. The maximum absolute atomic E-state index is 13.8. The molecule has 1 unspecified atom stereocenters. The normalized spacial score (nSPS) is 16.6. The Morgan fingerprint density at radius 1 is 1.58 bits per heavy atom. The van der Waals surface area contributed by atoms with Crippen molar-refractivity contribution < 1.29 is 4.39 Å². The van der Waals surface area contributed by atoms with Crippen molar-refractivity contribution in [1.82, 2.24) is 10.6 Å². The summed E-state index contributed by atoms with van der Waals surface area (Å²) < 4.78 is 13.8. The highest BCUT2D eigenvalue weighted by molar-refractivity contribution is 6.30. The van der Waals surface area contributed by atoms with Crippen molar-refractivity contribution in [3.05, 3.63) is 34.6 Å². The van der Waals surface area contributed by atoms with Gasteiger partial charge in [-0.2, -0.15) is 0 Å². The fourth-order valence-corrected chi connectivity index (χ4v) is 1.83. The molecule has 1 fully saturated rings. The number of terminal acetylenes is 1. The Balaban J connectivity index is 2.12.